The molecule has 82 valence electrons. The number of pyridine rings is 1. The maximum Gasteiger partial charge on any atom is 0.0844 e. The molecule has 1 saturated heterocycles. The van der Waals surface area contributed by atoms with Crippen LogP contribution in [0.25, 0.3) is 0 Å². The van der Waals surface area contributed by atoms with Gasteiger partial charge in [-0.25, -0.2) is 0 Å². The summed E-state index contributed by atoms with van der Waals surface area (Å²) in [6.07, 6.45) is 6.08. The van der Waals surface area contributed by atoms with E-state index in [2.05, 4.69) is 33.0 Å². The lowest BCUT2D eigenvalue weighted by Crippen LogP contribution is -2.23. The zero-order chi connectivity index (χ0) is 10.7. The maximum absolute atomic E-state index is 5.97. The molecule has 0 aromatic carbocycles. The summed E-state index contributed by atoms with van der Waals surface area (Å²) in [5, 5.41) is 0.933. The molecule has 0 saturated carbocycles. The maximum atomic E-state index is 5.97. The summed E-state index contributed by atoms with van der Waals surface area (Å²) in [5.41, 5.74) is 2.28. The molecule has 2 nitrogen and oxygen atoms in total. The second kappa shape index (κ2) is 5.08. The number of hydrogen-bond donors (Lipinski definition) is 0. The molecule has 2 heterocycles. The van der Waals surface area contributed by atoms with Gasteiger partial charge < -0.3 is 4.74 Å². The van der Waals surface area contributed by atoms with Gasteiger partial charge in [-0.15, -0.1) is 0 Å². The summed E-state index contributed by atoms with van der Waals surface area (Å²) in [6.45, 7) is 2.01. The summed E-state index contributed by atoms with van der Waals surface area (Å²) in [5.74, 6) is 0. The predicted octanol–water partition coefficient (Wildman–Crippen LogP) is 3.40. The van der Waals surface area contributed by atoms with Crippen molar-refractivity contribution in [1.82, 2.24) is 4.98 Å². The Balaban J connectivity index is 2.06. The first kappa shape index (κ1) is 11.1. The van der Waals surface area contributed by atoms with Crippen LogP contribution in [-0.4, -0.2) is 16.4 Å². The van der Waals surface area contributed by atoms with Gasteiger partial charge in [0.1, 0.15) is 0 Å². The topological polar surface area (TPSA) is 22.1 Å². The highest BCUT2D eigenvalue weighted by molar-refractivity contribution is 9.09. The Hall–Kier alpha value is -0.410. The minimum atomic E-state index is 0.245. The molecule has 0 aliphatic carbocycles. The number of aryl methyl sites for hydroxylation is 1. The monoisotopic (exact) mass is 269 g/mol. The molecule has 0 radical (unpaired) electrons. The molecule has 2 unspecified atom stereocenters. The molecular formula is C12H16BrNO. The van der Waals surface area contributed by atoms with Crippen molar-refractivity contribution >= 4 is 15.9 Å². The fourth-order valence-corrected chi connectivity index (χ4v) is 2.40. The molecule has 15 heavy (non-hydrogen) atoms. The van der Waals surface area contributed by atoms with Gasteiger partial charge in [0.05, 0.1) is 12.2 Å². The van der Waals surface area contributed by atoms with Gasteiger partial charge in [0.2, 0.25) is 0 Å². The van der Waals surface area contributed by atoms with Gasteiger partial charge in [-0.05, 0) is 37.8 Å². The van der Waals surface area contributed by atoms with E-state index in [1.165, 1.54) is 18.4 Å². The van der Waals surface area contributed by atoms with Gasteiger partial charge in [-0.3, -0.25) is 4.98 Å². The molecule has 2 rings (SSSR count). The number of halogens is 1. The third-order valence-corrected chi connectivity index (χ3v) is 3.55. The molecule has 2 atom stereocenters. The first-order chi connectivity index (χ1) is 7.29. The molecule has 1 aromatic rings. The largest absolute Gasteiger partial charge is 0.369 e. The molecule has 1 fully saturated rings. The molecule has 0 N–H and O–H groups in total. The van der Waals surface area contributed by atoms with E-state index in [1.807, 2.05) is 13.1 Å². The first-order valence-corrected chi connectivity index (χ1v) is 6.55. The Morgan fingerprint density at radius 1 is 1.47 bits per heavy atom. The number of aromatic nitrogens is 1. The zero-order valence-corrected chi connectivity index (χ0v) is 10.5. The van der Waals surface area contributed by atoms with Crippen LogP contribution in [0.4, 0.5) is 0 Å². The Labute approximate surface area is 99.2 Å². The molecule has 0 spiro atoms. The van der Waals surface area contributed by atoms with Gasteiger partial charge in [-0.1, -0.05) is 22.0 Å². The van der Waals surface area contributed by atoms with Gasteiger partial charge in [-0.2, -0.15) is 0 Å². The lowest BCUT2D eigenvalue weighted by molar-refractivity contribution is -0.0385. The first-order valence-electron chi connectivity index (χ1n) is 5.43. The molecule has 1 aromatic heterocycles. The van der Waals surface area contributed by atoms with E-state index < -0.39 is 0 Å². The highest BCUT2D eigenvalue weighted by atomic mass is 79.9. The predicted molar refractivity (Wildman–Crippen MR) is 64.2 cm³/mol. The van der Waals surface area contributed by atoms with Crippen LogP contribution in [0, 0.1) is 6.92 Å². The SMILES string of the molecule is Cc1ccc(C2CCCC(CBr)O2)cn1. The third kappa shape index (κ3) is 2.79. The van der Waals surface area contributed by atoms with Gasteiger partial charge >= 0.3 is 0 Å². The Morgan fingerprint density at radius 2 is 2.33 bits per heavy atom. The van der Waals surface area contributed by atoms with Crippen LogP contribution in [0.1, 0.15) is 36.6 Å². The number of alkyl halides is 1. The van der Waals surface area contributed by atoms with Crippen molar-refractivity contribution in [2.75, 3.05) is 5.33 Å². The molecule has 3 heteroatoms. The summed E-state index contributed by atoms with van der Waals surface area (Å²) >= 11 is 3.48. The quantitative estimate of drug-likeness (QED) is 0.768. The van der Waals surface area contributed by atoms with E-state index in [-0.39, 0.29) is 6.10 Å². The molecule has 1 aliphatic heterocycles. The molecule has 0 amide bonds. The van der Waals surface area contributed by atoms with Crippen molar-refractivity contribution < 1.29 is 4.74 Å². The van der Waals surface area contributed by atoms with E-state index in [9.17, 15) is 0 Å². The number of ether oxygens (including phenoxy) is 1. The lowest BCUT2D eigenvalue weighted by atomic mass is 10.00. The van der Waals surface area contributed by atoms with Gasteiger partial charge in [0, 0.05) is 17.2 Å². The third-order valence-electron chi connectivity index (χ3n) is 2.83. The van der Waals surface area contributed by atoms with Crippen molar-refractivity contribution in [1.29, 1.82) is 0 Å². The molecule has 0 bridgehead atoms. The van der Waals surface area contributed by atoms with E-state index in [4.69, 9.17) is 4.74 Å². The highest BCUT2D eigenvalue weighted by Gasteiger charge is 2.22. The van der Waals surface area contributed by atoms with Crippen LogP contribution < -0.4 is 0 Å². The fraction of sp³-hybridized carbons (Fsp3) is 0.583. The second-order valence-electron chi connectivity index (χ2n) is 4.06. The van der Waals surface area contributed by atoms with Crippen molar-refractivity contribution in [3.05, 3.63) is 29.6 Å². The van der Waals surface area contributed by atoms with Crippen LogP contribution in [-0.2, 0) is 4.74 Å². The lowest BCUT2D eigenvalue weighted by Gasteiger charge is -2.29. The minimum Gasteiger partial charge on any atom is -0.369 e. The fourth-order valence-electron chi connectivity index (χ4n) is 1.93. The molecular weight excluding hydrogens is 254 g/mol. The standard InChI is InChI=1S/C12H16BrNO/c1-9-5-6-10(8-14-9)12-4-2-3-11(7-13)15-12/h5-6,8,11-12H,2-4,7H2,1H3. The average Bonchev–Trinajstić information content (AvgIpc) is 2.30. The highest BCUT2D eigenvalue weighted by Crippen LogP contribution is 2.31. The van der Waals surface area contributed by atoms with Crippen LogP contribution >= 0.6 is 15.9 Å². The van der Waals surface area contributed by atoms with Gasteiger partial charge in [0.15, 0.2) is 0 Å². The van der Waals surface area contributed by atoms with Crippen LogP contribution in [0.5, 0.6) is 0 Å². The van der Waals surface area contributed by atoms with E-state index in [1.54, 1.807) is 0 Å². The average molecular weight is 270 g/mol. The second-order valence-corrected chi connectivity index (χ2v) is 4.71. The normalized spacial score (nSPS) is 26.5. The van der Waals surface area contributed by atoms with Crippen molar-refractivity contribution in [3.8, 4) is 0 Å². The van der Waals surface area contributed by atoms with Crippen molar-refractivity contribution in [2.45, 2.75) is 38.4 Å². The van der Waals surface area contributed by atoms with E-state index >= 15 is 0 Å². The number of hydrogen-bond acceptors (Lipinski definition) is 2. The van der Waals surface area contributed by atoms with Crippen LogP contribution in [0.15, 0.2) is 18.3 Å². The zero-order valence-electron chi connectivity index (χ0n) is 8.95. The van der Waals surface area contributed by atoms with Gasteiger partial charge in [0.25, 0.3) is 0 Å². The minimum absolute atomic E-state index is 0.245. The smallest absolute Gasteiger partial charge is 0.0844 e. The van der Waals surface area contributed by atoms with Crippen molar-refractivity contribution in [3.63, 3.8) is 0 Å². The van der Waals surface area contributed by atoms with E-state index in [0.717, 1.165) is 17.4 Å². The summed E-state index contributed by atoms with van der Waals surface area (Å²) < 4.78 is 5.97. The summed E-state index contributed by atoms with van der Waals surface area (Å²) in [4.78, 5) is 4.31. The summed E-state index contributed by atoms with van der Waals surface area (Å²) in [7, 11) is 0. The van der Waals surface area contributed by atoms with Crippen molar-refractivity contribution in [2.24, 2.45) is 0 Å². The van der Waals surface area contributed by atoms with Crippen LogP contribution in [0.3, 0.4) is 0 Å². The summed E-state index contributed by atoms with van der Waals surface area (Å²) in [6, 6.07) is 4.18. The Kier molecular flexibility index (Phi) is 3.76. The number of rotatable bonds is 2. The Morgan fingerprint density at radius 3 is 3.00 bits per heavy atom. The Bertz CT molecular complexity index is 312. The molecule has 1 aliphatic rings. The van der Waals surface area contributed by atoms with E-state index in [0.29, 0.717) is 6.10 Å². The van der Waals surface area contributed by atoms with Crippen LogP contribution in [0.2, 0.25) is 0 Å². The number of nitrogens with zero attached hydrogens (tertiary/aromatic N) is 1.